The second-order valence-electron chi connectivity index (χ2n) is 4.92. The van der Waals surface area contributed by atoms with E-state index in [2.05, 4.69) is 0 Å². The zero-order valence-corrected chi connectivity index (χ0v) is 13.1. The topological polar surface area (TPSA) is 37.4 Å². The molecule has 19 heavy (non-hydrogen) atoms. The predicted octanol–water partition coefficient (Wildman–Crippen LogP) is 3.38. The van der Waals surface area contributed by atoms with Crippen LogP contribution < -0.4 is 0 Å². The van der Waals surface area contributed by atoms with Gasteiger partial charge in [0.2, 0.25) is 0 Å². The summed E-state index contributed by atoms with van der Waals surface area (Å²) in [7, 11) is 0. The number of nitrogens with zero attached hydrogens (tertiary/aromatic N) is 1. The number of imide groups is 1. The molecule has 0 saturated carbocycles. The Morgan fingerprint density at radius 2 is 1.84 bits per heavy atom. The first-order valence-corrected chi connectivity index (χ1v) is 8.02. The van der Waals surface area contributed by atoms with E-state index in [9.17, 15) is 9.59 Å². The third-order valence-electron chi connectivity index (χ3n) is 2.71. The van der Waals surface area contributed by atoms with Crippen molar-refractivity contribution in [3.63, 3.8) is 0 Å². The van der Waals surface area contributed by atoms with Crippen LogP contribution in [-0.4, -0.2) is 28.0 Å². The Morgan fingerprint density at radius 3 is 2.32 bits per heavy atom. The minimum atomic E-state index is -0.161. The minimum absolute atomic E-state index is 0.111. The van der Waals surface area contributed by atoms with Gasteiger partial charge in [-0.25, -0.2) is 0 Å². The van der Waals surface area contributed by atoms with E-state index in [0.717, 1.165) is 4.88 Å². The molecule has 1 aromatic rings. The third kappa shape index (κ3) is 2.62. The van der Waals surface area contributed by atoms with Crippen molar-refractivity contribution in [2.24, 2.45) is 0 Å². The normalized spacial score (nSPS) is 16.4. The maximum Gasteiger partial charge on any atom is 0.268 e. The van der Waals surface area contributed by atoms with Crippen LogP contribution in [0, 0.1) is 0 Å². The van der Waals surface area contributed by atoms with E-state index >= 15 is 0 Å². The van der Waals surface area contributed by atoms with Crippen LogP contribution in [0.2, 0.25) is 0 Å². The molecule has 3 nitrogen and oxygen atoms in total. The maximum atomic E-state index is 12.5. The Labute approximate surface area is 121 Å². The van der Waals surface area contributed by atoms with Gasteiger partial charge in [0.25, 0.3) is 11.8 Å². The SMILES string of the molecule is CC(C)SC1=C(c2cccs2)C(=O)N(C(C)C)C1=O. The summed E-state index contributed by atoms with van der Waals surface area (Å²) in [5, 5.41) is 2.20. The van der Waals surface area contributed by atoms with Gasteiger partial charge in [0.15, 0.2) is 0 Å². The molecule has 0 fully saturated rings. The van der Waals surface area contributed by atoms with Gasteiger partial charge in [0.1, 0.15) is 0 Å². The molecule has 1 aliphatic heterocycles. The molecule has 0 spiro atoms. The van der Waals surface area contributed by atoms with Gasteiger partial charge in [-0.1, -0.05) is 19.9 Å². The van der Waals surface area contributed by atoms with Crippen LogP contribution in [0.5, 0.6) is 0 Å². The molecule has 2 amide bonds. The Hall–Kier alpha value is -1.07. The molecular formula is C14H17NO2S2. The molecule has 0 saturated heterocycles. The molecule has 5 heteroatoms. The molecule has 2 rings (SSSR count). The van der Waals surface area contributed by atoms with E-state index in [1.54, 1.807) is 0 Å². The standard InChI is InChI=1S/C14H17NO2S2/c1-8(2)15-13(16)11(10-6-5-7-18-10)12(14(15)17)19-9(3)4/h5-9H,1-4H3. The van der Waals surface area contributed by atoms with Crippen molar-refractivity contribution < 1.29 is 9.59 Å². The lowest BCUT2D eigenvalue weighted by Crippen LogP contribution is -2.37. The highest BCUT2D eigenvalue weighted by Gasteiger charge is 2.41. The molecule has 0 bridgehead atoms. The van der Waals surface area contributed by atoms with Gasteiger partial charge < -0.3 is 0 Å². The highest BCUT2D eigenvalue weighted by atomic mass is 32.2. The van der Waals surface area contributed by atoms with Crippen LogP contribution in [0.25, 0.3) is 5.57 Å². The predicted molar refractivity (Wildman–Crippen MR) is 81.0 cm³/mol. The van der Waals surface area contributed by atoms with Gasteiger partial charge >= 0.3 is 0 Å². The summed E-state index contributed by atoms with van der Waals surface area (Å²) in [4.78, 5) is 27.8. The smallest absolute Gasteiger partial charge is 0.268 e. The fraction of sp³-hybridized carbons (Fsp3) is 0.429. The highest BCUT2D eigenvalue weighted by Crippen LogP contribution is 2.39. The van der Waals surface area contributed by atoms with Crippen LogP contribution in [0.3, 0.4) is 0 Å². The van der Waals surface area contributed by atoms with Crippen molar-refractivity contribution in [1.29, 1.82) is 0 Å². The minimum Gasteiger partial charge on any atom is -0.271 e. The molecule has 1 aliphatic rings. The van der Waals surface area contributed by atoms with E-state index in [-0.39, 0.29) is 23.1 Å². The monoisotopic (exact) mass is 295 g/mol. The average Bonchev–Trinajstić information content (AvgIpc) is 2.86. The van der Waals surface area contributed by atoms with Crippen LogP contribution >= 0.6 is 23.1 Å². The number of thioether (sulfide) groups is 1. The summed E-state index contributed by atoms with van der Waals surface area (Å²) in [6.07, 6.45) is 0. The lowest BCUT2D eigenvalue weighted by Gasteiger charge is -2.19. The molecule has 102 valence electrons. The van der Waals surface area contributed by atoms with Crippen molar-refractivity contribution in [3.8, 4) is 0 Å². The Bertz CT molecular complexity index is 530. The summed E-state index contributed by atoms with van der Waals surface area (Å²) in [6, 6.07) is 3.69. The van der Waals surface area contributed by atoms with E-state index in [0.29, 0.717) is 10.5 Å². The zero-order chi connectivity index (χ0) is 14.2. The van der Waals surface area contributed by atoms with Gasteiger partial charge in [-0.3, -0.25) is 14.5 Å². The van der Waals surface area contributed by atoms with Crippen molar-refractivity contribution in [2.45, 2.75) is 39.0 Å². The van der Waals surface area contributed by atoms with E-state index in [1.165, 1.54) is 28.0 Å². The van der Waals surface area contributed by atoms with Gasteiger partial charge in [0, 0.05) is 16.2 Å². The Balaban J connectivity index is 2.50. The zero-order valence-electron chi connectivity index (χ0n) is 11.5. The average molecular weight is 295 g/mol. The van der Waals surface area contributed by atoms with Crippen molar-refractivity contribution >= 4 is 40.5 Å². The quantitative estimate of drug-likeness (QED) is 0.799. The van der Waals surface area contributed by atoms with Crippen molar-refractivity contribution in [3.05, 3.63) is 27.3 Å². The second-order valence-corrected chi connectivity index (χ2v) is 7.46. The van der Waals surface area contributed by atoms with Crippen LogP contribution in [0.1, 0.15) is 32.6 Å². The van der Waals surface area contributed by atoms with Crippen LogP contribution in [0.4, 0.5) is 0 Å². The van der Waals surface area contributed by atoms with Crippen LogP contribution in [-0.2, 0) is 9.59 Å². The lowest BCUT2D eigenvalue weighted by molar-refractivity contribution is -0.138. The number of hydrogen-bond donors (Lipinski definition) is 0. The number of thiophene rings is 1. The first kappa shape index (κ1) is 14.3. The lowest BCUT2D eigenvalue weighted by atomic mass is 10.2. The number of hydrogen-bond acceptors (Lipinski definition) is 4. The van der Waals surface area contributed by atoms with Gasteiger partial charge in [0.05, 0.1) is 10.5 Å². The molecule has 0 aliphatic carbocycles. The third-order valence-corrected chi connectivity index (χ3v) is 4.68. The summed E-state index contributed by atoms with van der Waals surface area (Å²) in [5.74, 6) is -0.312. The summed E-state index contributed by atoms with van der Waals surface area (Å²) < 4.78 is 0. The van der Waals surface area contributed by atoms with E-state index in [4.69, 9.17) is 0 Å². The molecule has 0 radical (unpaired) electrons. The molecule has 0 aromatic carbocycles. The summed E-state index contributed by atoms with van der Waals surface area (Å²) in [6.45, 7) is 7.79. The fourth-order valence-electron chi connectivity index (χ4n) is 1.98. The number of amides is 2. The van der Waals surface area contributed by atoms with Gasteiger partial charge in [-0.2, -0.15) is 0 Å². The molecular weight excluding hydrogens is 278 g/mol. The molecule has 0 atom stereocenters. The molecule has 2 heterocycles. The molecule has 0 N–H and O–H groups in total. The van der Waals surface area contributed by atoms with Crippen molar-refractivity contribution in [1.82, 2.24) is 4.90 Å². The number of carbonyl (C=O) groups excluding carboxylic acids is 2. The Morgan fingerprint density at radius 1 is 1.16 bits per heavy atom. The largest absolute Gasteiger partial charge is 0.271 e. The fourth-order valence-corrected chi connectivity index (χ4v) is 3.80. The number of rotatable bonds is 4. The van der Waals surface area contributed by atoms with E-state index < -0.39 is 0 Å². The number of carbonyl (C=O) groups is 2. The van der Waals surface area contributed by atoms with Crippen molar-refractivity contribution in [2.75, 3.05) is 0 Å². The van der Waals surface area contributed by atoms with Gasteiger partial charge in [-0.05, 0) is 25.3 Å². The maximum absolute atomic E-state index is 12.5. The Kier molecular flexibility index (Phi) is 4.16. The molecule has 0 unspecified atom stereocenters. The summed E-state index contributed by atoms with van der Waals surface area (Å²) in [5.41, 5.74) is 0.576. The first-order chi connectivity index (χ1) is 8.93. The van der Waals surface area contributed by atoms with Gasteiger partial charge in [-0.15, -0.1) is 23.1 Å². The summed E-state index contributed by atoms with van der Waals surface area (Å²) >= 11 is 2.98. The van der Waals surface area contributed by atoms with Crippen LogP contribution in [0.15, 0.2) is 22.4 Å². The first-order valence-electron chi connectivity index (χ1n) is 6.26. The highest BCUT2D eigenvalue weighted by molar-refractivity contribution is 8.04. The second kappa shape index (κ2) is 5.51. The van der Waals surface area contributed by atoms with E-state index in [1.807, 2.05) is 45.2 Å². The molecule has 1 aromatic heterocycles.